The van der Waals surface area contributed by atoms with Crippen LogP contribution in [0.2, 0.25) is 0 Å². The van der Waals surface area contributed by atoms with Crippen molar-refractivity contribution in [1.82, 2.24) is 0 Å². The summed E-state index contributed by atoms with van der Waals surface area (Å²) in [5.41, 5.74) is -0.294. The first-order chi connectivity index (χ1) is 7.15. The van der Waals surface area contributed by atoms with Crippen molar-refractivity contribution in [3.63, 3.8) is 0 Å². The van der Waals surface area contributed by atoms with E-state index in [2.05, 4.69) is 11.8 Å². The molecule has 1 rings (SSSR count). The Labute approximate surface area is 85.1 Å². The maximum Gasteiger partial charge on any atom is 0.270 e. The highest BCUT2D eigenvalue weighted by Gasteiger charge is 2.08. The first-order valence-corrected chi connectivity index (χ1v) is 3.95. The second-order valence-corrected chi connectivity index (χ2v) is 2.56. The highest BCUT2D eigenvalue weighted by atomic mass is 19.1. The van der Waals surface area contributed by atoms with E-state index in [4.69, 9.17) is 5.26 Å². The van der Waals surface area contributed by atoms with Gasteiger partial charge in [-0.15, -0.1) is 0 Å². The van der Waals surface area contributed by atoms with Crippen molar-refractivity contribution in [2.24, 2.45) is 0 Å². The van der Waals surface area contributed by atoms with Gasteiger partial charge in [-0.3, -0.25) is 10.1 Å². The minimum atomic E-state index is -0.633. The normalized spacial score (nSPS) is 8.53. The molecule has 0 aromatic heterocycles. The summed E-state index contributed by atoms with van der Waals surface area (Å²) < 4.78 is 13.1. The number of nitro groups is 1. The summed E-state index contributed by atoms with van der Waals surface area (Å²) in [6.07, 6.45) is -0.0396. The fraction of sp³-hybridized carbons (Fsp3) is 0.100. The number of hydrogen-bond donors (Lipinski definition) is 0. The Morgan fingerprint density at radius 1 is 1.53 bits per heavy atom. The van der Waals surface area contributed by atoms with E-state index >= 15 is 0 Å². The van der Waals surface area contributed by atoms with Crippen LogP contribution in [-0.2, 0) is 0 Å². The summed E-state index contributed by atoms with van der Waals surface area (Å²) in [7, 11) is 0. The molecule has 4 nitrogen and oxygen atoms in total. The Balaban J connectivity index is 3.08. The molecule has 0 atom stereocenters. The molecule has 0 heterocycles. The van der Waals surface area contributed by atoms with E-state index in [0.717, 1.165) is 18.2 Å². The first-order valence-electron chi connectivity index (χ1n) is 3.95. The molecule has 0 N–H and O–H groups in total. The topological polar surface area (TPSA) is 66.9 Å². The van der Waals surface area contributed by atoms with Crippen molar-refractivity contribution < 1.29 is 9.31 Å². The van der Waals surface area contributed by atoms with Gasteiger partial charge >= 0.3 is 0 Å². The zero-order valence-corrected chi connectivity index (χ0v) is 7.53. The van der Waals surface area contributed by atoms with Crippen LogP contribution in [0.15, 0.2) is 18.2 Å². The molecule has 0 amide bonds. The molecule has 0 radical (unpaired) electrons. The molecule has 1 aromatic rings. The van der Waals surface area contributed by atoms with Crippen molar-refractivity contribution in [2.75, 3.05) is 0 Å². The second-order valence-electron chi connectivity index (χ2n) is 2.56. The van der Waals surface area contributed by atoms with E-state index in [1.807, 2.05) is 0 Å². The Hall–Kier alpha value is -2.40. The van der Waals surface area contributed by atoms with Gasteiger partial charge in [-0.1, -0.05) is 11.8 Å². The number of benzene rings is 1. The first kappa shape index (κ1) is 10.7. The van der Waals surface area contributed by atoms with E-state index in [-0.39, 0.29) is 17.7 Å². The third-order valence-electron chi connectivity index (χ3n) is 1.55. The van der Waals surface area contributed by atoms with Crippen molar-refractivity contribution in [2.45, 2.75) is 6.42 Å². The molecule has 0 bridgehead atoms. The van der Waals surface area contributed by atoms with E-state index in [1.54, 1.807) is 6.07 Å². The van der Waals surface area contributed by atoms with Gasteiger partial charge in [0.1, 0.15) is 5.82 Å². The molecular formula is C10H5FN2O2. The van der Waals surface area contributed by atoms with Crippen LogP contribution in [0.1, 0.15) is 12.0 Å². The Morgan fingerprint density at radius 2 is 2.27 bits per heavy atom. The van der Waals surface area contributed by atoms with E-state index in [9.17, 15) is 14.5 Å². The summed E-state index contributed by atoms with van der Waals surface area (Å²) in [6, 6.07) is 4.85. The lowest BCUT2D eigenvalue weighted by Crippen LogP contribution is -1.91. The van der Waals surface area contributed by atoms with Gasteiger partial charge < -0.3 is 0 Å². The van der Waals surface area contributed by atoms with Crippen molar-refractivity contribution >= 4 is 5.69 Å². The molecule has 0 saturated heterocycles. The average molecular weight is 204 g/mol. The molecule has 0 fully saturated rings. The maximum absolute atomic E-state index is 13.1. The summed E-state index contributed by atoms with van der Waals surface area (Å²) in [4.78, 5) is 9.75. The lowest BCUT2D eigenvalue weighted by Gasteiger charge is -1.94. The molecule has 15 heavy (non-hydrogen) atoms. The van der Waals surface area contributed by atoms with E-state index in [0.29, 0.717) is 0 Å². The van der Waals surface area contributed by atoms with Crippen LogP contribution in [0.4, 0.5) is 10.1 Å². The van der Waals surface area contributed by atoms with Crippen molar-refractivity contribution in [3.8, 4) is 17.9 Å². The molecule has 0 aliphatic rings. The Bertz CT molecular complexity index is 494. The van der Waals surface area contributed by atoms with Gasteiger partial charge in [0.2, 0.25) is 0 Å². The zero-order valence-electron chi connectivity index (χ0n) is 7.53. The number of non-ortho nitro benzene ring substituents is 1. The lowest BCUT2D eigenvalue weighted by atomic mass is 10.2. The number of rotatable bonds is 1. The summed E-state index contributed by atoms with van der Waals surface area (Å²) in [5, 5.41) is 18.6. The van der Waals surface area contributed by atoms with Gasteiger partial charge in [0, 0.05) is 12.1 Å². The molecule has 5 heteroatoms. The predicted molar refractivity (Wildman–Crippen MR) is 50.2 cm³/mol. The molecule has 1 aromatic carbocycles. The molecule has 0 aliphatic carbocycles. The standard InChI is InChI=1S/C10H5FN2O2/c11-10-5-4-9(13(14)15)7-8(10)3-1-2-6-12/h4-5,7H,2H2. The zero-order chi connectivity index (χ0) is 11.3. The number of hydrogen-bond acceptors (Lipinski definition) is 3. The monoisotopic (exact) mass is 204 g/mol. The summed E-state index contributed by atoms with van der Waals surface area (Å²) in [5.74, 6) is 4.11. The van der Waals surface area contributed by atoms with Crippen molar-refractivity contribution in [1.29, 1.82) is 5.26 Å². The van der Waals surface area contributed by atoms with Gasteiger partial charge in [-0.25, -0.2) is 4.39 Å². The molecule has 0 unspecified atom stereocenters. The van der Waals surface area contributed by atoms with E-state index in [1.165, 1.54) is 0 Å². The summed E-state index contributed by atoms with van der Waals surface area (Å²) >= 11 is 0. The average Bonchev–Trinajstić information content (AvgIpc) is 2.20. The smallest absolute Gasteiger partial charge is 0.258 e. The van der Waals surface area contributed by atoms with Gasteiger partial charge in [-0.05, 0) is 6.07 Å². The Morgan fingerprint density at radius 3 is 2.87 bits per heavy atom. The number of nitriles is 1. The minimum Gasteiger partial charge on any atom is -0.258 e. The summed E-state index contributed by atoms with van der Waals surface area (Å²) in [6.45, 7) is 0. The molecule has 0 saturated carbocycles. The largest absolute Gasteiger partial charge is 0.270 e. The van der Waals surface area contributed by atoms with E-state index < -0.39 is 10.7 Å². The molecule has 0 aliphatic heterocycles. The predicted octanol–water partition coefficient (Wildman–Crippen LogP) is 2.00. The highest BCUT2D eigenvalue weighted by molar-refractivity contribution is 5.44. The van der Waals surface area contributed by atoms with Crippen LogP contribution in [0.5, 0.6) is 0 Å². The van der Waals surface area contributed by atoms with Crippen molar-refractivity contribution in [3.05, 3.63) is 39.7 Å². The minimum absolute atomic E-state index is 0.0396. The van der Waals surface area contributed by atoms with Crippen LogP contribution in [0.3, 0.4) is 0 Å². The quantitative estimate of drug-likeness (QED) is 0.399. The fourth-order valence-electron chi connectivity index (χ4n) is 0.902. The van der Waals surface area contributed by atoms with Gasteiger partial charge in [0.15, 0.2) is 0 Å². The SMILES string of the molecule is N#CCC#Cc1cc([N+](=O)[O-])ccc1F. The number of nitro benzene ring substituents is 1. The van der Waals surface area contributed by atoms with Crippen LogP contribution in [0.25, 0.3) is 0 Å². The molecular weight excluding hydrogens is 199 g/mol. The van der Waals surface area contributed by atoms with Gasteiger partial charge in [-0.2, -0.15) is 5.26 Å². The Kier molecular flexibility index (Phi) is 3.37. The fourth-order valence-corrected chi connectivity index (χ4v) is 0.902. The maximum atomic E-state index is 13.1. The number of halogens is 1. The third-order valence-corrected chi connectivity index (χ3v) is 1.55. The lowest BCUT2D eigenvalue weighted by molar-refractivity contribution is -0.384. The highest BCUT2D eigenvalue weighted by Crippen LogP contribution is 2.15. The molecule has 0 spiro atoms. The van der Waals surface area contributed by atoms with Crippen LogP contribution < -0.4 is 0 Å². The second kappa shape index (κ2) is 4.73. The molecule has 74 valence electrons. The van der Waals surface area contributed by atoms with Gasteiger partial charge in [0.05, 0.1) is 23.0 Å². The van der Waals surface area contributed by atoms with Gasteiger partial charge in [0.25, 0.3) is 5.69 Å². The van der Waals surface area contributed by atoms with Crippen LogP contribution in [-0.4, -0.2) is 4.92 Å². The van der Waals surface area contributed by atoms with Crippen LogP contribution in [0, 0.1) is 39.1 Å². The third kappa shape index (κ3) is 2.78. The van der Waals surface area contributed by atoms with Crippen LogP contribution >= 0.6 is 0 Å². The number of nitrogens with zero attached hydrogens (tertiary/aromatic N) is 2.